The Kier molecular flexibility index (Phi) is 10.8. The normalized spacial score (nSPS) is 26.0. The van der Waals surface area contributed by atoms with Gasteiger partial charge in [-0.05, 0) is 69.7 Å². The van der Waals surface area contributed by atoms with Gasteiger partial charge in [0, 0.05) is 37.4 Å². The van der Waals surface area contributed by atoms with E-state index in [1.165, 1.54) is 36.0 Å². The summed E-state index contributed by atoms with van der Waals surface area (Å²) in [6, 6.07) is 8.52. The fourth-order valence-corrected chi connectivity index (χ4v) is 9.28. The second-order valence-electron chi connectivity index (χ2n) is 16.8. The molecule has 3 N–H and O–H groups in total. The molecule has 4 aliphatic rings. The van der Waals surface area contributed by atoms with Crippen molar-refractivity contribution in [1.29, 1.82) is 0 Å². The van der Waals surface area contributed by atoms with Crippen molar-refractivity contribution in [2.75, 3.05) is 20.6 Å². The van der Waals surface area contributed by atoms with E-state index in [1.54, 1.807) is 31.2 Å². The highest BCUT2D eigenvalue weighted by Gasteiger charge is 2.63. The van der Waals surface area contributed by atoms with Crippen molar-refractivity contribution in [3.63, 3.8) is 0 Å². The lowest BCUT2D eigenvalue weighted by Crippen LogP contribution is -2.59. The number of nitrogens with zero attached hydrogens (tertiary/aromatic N) is 4. The summed E-state index contributed by atoms with van der Waals surface area (Å²) in [7, 11) is -0.988. The summed E-state index contributed by atoms with van der Waals surface area (Å²) in [5.74, 6) is -2.72. The number of aromatic nitrogens is 2. The van der Waals surface area contributed by atoms with E-state index in [0.29, 0.717) is 48.6 Å². The Labute approximate surface area is 349 Å². The highest BCUT2D eigenvalue weighted by molar-refractivity contribution is 7.91. The zero-order valence-electron chi connectivity index (χ0n) is 33.8. The van der Waals surface area contributed by atoms with E-state index in [4.69, 9.17) is 9.15 Å². The molecule has 5 atom stereocenters. The third-order valence-electron chi connectivity index (χ3n) is 12.1. The molecule has 8 rings (SSSR count). The molecule has 0 bridgehead atoms. The Hall–Kier alpha value is -5.72. The van der Waals surface area contributed by atoms with Gasteiger partial charge in [-0.1, -0.05) is 49.3 Å². The Balaban J connectivity index is 1.15. The molecule has 2 aliphatic carbocycles. The molecule has 3 fully saturated rings. The Morgan fingerprint density at radius 2 is 1.77 bits per heavy atom. The minimum Gasteiger partial charge on any atom is -0.470 e. The van der Waals surface area contributed by atoms with Gasteiger partial charge >= 0.3 is 12.2 Å². The van der Waals surface area contributed by atoms with Crippen molar-refractivity contribution in [3.05, 3.63) is 66.2 Å². The number of rotatable bonds is 7. The van der Waals surface area contributed by atoms with E-state index in [-0.39, 0.29) is 48.7 Å². The number of hydrogen-bond acceptors (Lipinski definition) is 10. The molecule has 5 amide bonds. The summed E-state index contributed by atoms with van der Waals surface area (Å²) in [5, 5.41) is 6.21. The van der Waals surface area contributed by atoms with Gasteiger partial charge in [-0.3, -0.25) is 19.1 Å². The van der Waals surface area contributed by atoms with E-state index < -0.39 is 79.9 Å². The number of benzene rings is 2. The van der Waals surface area contributed by atoms with Crippen LogP contribution in [0.4, 0.5) is 18.0 Å². The predicted octanol–water partition coefficient (Wildman–Crippen LogP) is 5.44. The predicted molar refractivity (Wildman–Crippen MR) is 216 cm³/mol. The first-order valence-electron chi connectivity index (χ1n) is 20.3. The number of allylic oxidation sites excluding steroid dienone is 1. The number of halogens is 3. The maximum atomic E-state index is 14.6. The molecule has 4 aromatic rings. The third kappa shape index (κ3) is 8.23. The standard InChI is InChI=1S/C42H46F3N7O8S/c1-40(19-20-40)61(57,58)50-38(55)41-22-26(41)11-7-5-4-6-8-13-29(46-39(56)51(2)3)37(54)52-23-27(21-30(52)35(53)49-41)59-36-33-32(28-12-9-10-14-31(28)60-33)47-34(48-36)24-15-17-25(18-16-24)42(43,44)45/h7,9-12,14-18,26-27,29-30H,4-6,8,13,19-23H2,1-3H3,(H,46,56)(H,49,53)(H,50,55)/b11-7-/t26-,27-,29+,30+,41-/m1/s1. The number of carbonyl (C=O) groups excluding carboxylic acids is 4. The van der Waals surface area contributed by atoms with Crippen LogP contribution < -0.4 is 20.1 Å². The number of nitrogens with one attached hydrogen (secondary N) is 3. The molecule has 2 aromatic carbocycles. The molecule has 0 radical (unpaired) electrons. The van der Waals surface area contributed by atoms with Gasteiger partial charge < -0.3 is 29.6 Å². The molecule has 0 unspecified atom stereocenters. The molecule has 4 heterocycles. The number of ether oxygens (including phenoxy) is 1. The summed E-state index contributed by atoms with van der Waals surface area (Å²) in [6.45, 7) is 1.37. The van der Waals surface area contributed by atoms with Crippen LogP contribution in [-0.2, 0) is 30.6 Å². The van der Waals surface area contributed by atoms with Crippen LogP contribution in [0.15, 0.2) is 65.1 Å². The highest BCUT2D eigenvalue weighted by Crippen LogP contribution is 2.48. The van der Waals surface area contributed by atoms with Crippen molar-refractivity contribution in [2.45, 2.75) is 99.4 Å². The van der Waals surface area contributed by atoms with E-state index in [0.717, 1.165) is 18.6 Å². The number of carbonyl (C=O) groups is 4. The highest BCUT2D eigenvalue weighted by atomic mass is 32.2. The number of urea groups is 1. The fraction of sp³-hybridized carbons (Fsp3) is 0.476. The second-order valence-corrected chi connectivity index (χ2v) is 19.0. The van der Waals surface area contributed by atoms with E-state index >= 15 is 0 Å². The van der Waals surface area contributed by atoms with Crippen LogP contribution in [0.5, 0.6) is 5.88 Å². The maximum absolute atomic E-state index is 14.6. The lowest BCUT2D eigenvalue weighted by atomic mass is 10.0. The van der Waals surface area contributed by atoms with Gasteiger partial charge in [0.05, 0.1) is 16.9 Å². The van der Waals surface area contributed by atoms with Crippen LogP contribution >= 0.6 is 0 Å². The minimum absolute atomic E-state index is 0.0340. The minimum atomic E-state index is -4.57. The Bertz CT molecular complexity index is 2540. The molecule has 1 saturated heterocycles. The Morgan fingerprint density at radius 3 is 2.48 bits per heavy atom. The first-order valence-corrected chi connectivity index (χ1v) is 21.7. The van der Waals surface area contributed by atoms with E-state index in [9.17, 15) is 40.8 Å². The average Bonchev–Trinajstić information content (AvgIpc) is 4.04. The topological polar surface area (TPSA) is 193 Å². The molecule has 61 heavy (non-hydrogen) atoms. The van der Waals surface area contributed by atoms with Gasteiger partial charge in [0.1, 0.15) is 34.8 Å². The van der Waals surface area contributed by atoms with Crippen LogP contribution in [0.3, 0.4) is 0 Å². The monoisotopic (exact) mass is 865 g/mol. The van der Waals surface area contributed by atoms with Crippen LogP contribution in [0, 0.1) is 5.92 Å². The summed E-state index contributed by atoms with van der Waals surface area (Å²) >= 11 is 0. The quantitative estimate of drug-likeness (QED) is 0.202. The molecule has 0 spiro atoms. The van der Waals surface area contributed by atoms with Gasteiger partial charge in [0.2, 0.25) is 27.4 Å². The number of amides is 5. The van der Waals surface area contributed by atoms with Crippen molar-refractivity contribution < 1.29 is 49.9 Å². The zero-order chi connectivity index (χ0) is 43.5. The fourth-order valence-electron chi connectivity index (χ4n) is 7.97. The molecular formula is C42H46F3N7O8S. The second kappa shape index (κ2) is 15.6. The van der Waals surface area contributed by atoms with Crippen molar-refractivity contribution >= 4 is 55.8 Å². The first-order chi connectivity index (χ1) is 28.9. The lowest BCUT2D eigenvalue weighted by molar-refractivity contribution is -0.141. The van der Waals surface area contributed by atoms with E-state index in [2.05, 4.69) is 25.3 Å². The summed E-state index contributed by atoms with van der Waals surface area (Å²) < 4.78 is 80.6. The third-order valence-corrected chi connectivity index (χ3v) is 14.3. The summed E-state index contributed by atoms with van der Waals surface area (Å²) in [4.78, 5) is 67.9. The van der Waals surface area contributed by atoms with E-state index in [1.807, 2.05) is 12.2 Å². The SMILES string of the molecule is CN(C)C(=O)N[C@H]1CCCCC/C=C\[C@@H]2C[C@@]2(C(=O)NS(=O)(=O)C2(C)CC2)NC(=O)[C@@H]2C[C@@H](Oc3nc(-c4ccc(C(F)(F)F)cc4)nc4c3oc3ccccc34)CN2C1=O. The zero-order valence-corrected chi connectivity index (χ0v) is 34.6. The Morgan fingerprint density at radius 1 is 1.03 bits per heavy atom. The van der Waals surface area contributed by atoms with Crippen LogP contribution in [-0.4, -0.2) is 101 Å². The largest absolute Gasteiger partial charge is 0.470 e. The average molecular weight is 866 g/mol. The van der Waals surface area contributed by atoms with Crippen LogP contribution in [0.2, 0.25) is 0 Å². The van der Waals surface area contributed by atoms with Crippen molar-refractivity contribution in [1.82, 2.24) is 35.1 Å². The number of hydrogen-bond donors (Lipinski definition) is 3. The molecule has 2 aliphatic heterocycles. The number of fused-ring (bicyclic) bond motifs is 5. The molecule has 324 valence electrons. The molecule has 2 aromatic heterocycles. The number of alkyl halides is 3. The van der Waals surface area contributed by atoms with Gasteiger partial charge in [-0.15, -0.1) is 0 Å². The van der Waals surface area contributed by atoms with Crippen LogP contribution in [0.25, 0.3) is 33.5 Å². The van der Waals surface area contributed by atoms with Gasteiger partial charge in [0.25, 0.3) is 11.8 Å². The van der Waals surface area contributed by atoms with Crippen LogP contribution in [0.1, 0.15) is 70.3 Å². The number of sulfonamides is 1. The van der Waals surface area contributed by atoms with Crippen molar-refractivity contribution in [2.24, 2.45) is 5.92 Å². The maximum Gasteiger partial charge on any atom is 0.416 e. The summed E-state index contributed by atoms with van der Waals surface area (Å²) in [5.41, 5.74) is -1.33. The molecule has 2 saturated carbocycles. The van der Waals surface area contributed by atoms with Gasteiger partial charge in [-0.25, -0.2) is 18.2 Å². The lowest BCUT2D eigenvalue weighted by Gasteiger charge is -2.30. The summed E-state index contributed by atoms with van der Waals surface area (Å²) in [6.07, 6.45) is 1.97. The smallest absolute Gasteiger partial charge is 0.416 e. The number of furan rings is 1. The first kappa shape index (κ1) is 42.0. The molecule has 19 heteroatoms. The number of para-hydroxylation sites is 1. The van der Waals surface area contributed by atoms with Crippen molar-refractivity contribution in [3.8, 4) is 17.3 Å². The molecule has 15 nitrogen and oxygen atoms in total. The van der Waals surface area contributed by atoms with Gasteiger partial charge in [-0.2, -0.15) is 18.2 Å². The molecular weight excluding hydrogens is 820 g/mol. The van der Waals surface area contributed by atoms with Gasteiger partial charge in [0.15, 0.2) is 5.82 Å².